The molecule has 1 amide bonds. The highest BCUT2D eigenvalue weighted by molar-refractivity contribution is 5.95. The van der Waals surface area contributed by atoms with Crippen molar-refractivity contribution in [2.75, 3.05) is 20.3 Å². The molecule has 0 atom stereocenters. The molecular weight excluding hydrogens is 242 g/mol. The zero-order chi connectivity index (χ0) is 13.5. The van der Waals surface area contributed by atoms with Gasteiger partial charge < -0.3 is 10.1 Å². The number of rotatable bonds is 6. The van der Waals surface area contributed by atoms with Crippen LogP contribution in [0.15, 0.2) is 6.20 Å². The van der Waals surface area contributed by atoms with E-state index in [0.29, 0.717) is 24.6 Å². The fraction of sp³-hybridized carbons (Fsp3) is 0.714. The minimum atomic E-state index is -0.0228. The number of aromatic nitrogens is 2. The van der Waals surface area contributed by atoms with E-state index in [1.807, 2.05) is 0 Å². The molecule has 5 nitrogen and oxygen atoms in total. The molecule has 2 rings (SSSR count). The number of aromatic amines is 1. The number of methoxy groups -OCH3 is 1. The summed E-state index contributed by atoms with van der Waals surface area (Å²) >= 11 is 0. The standard InChI is InChI=1S/C14H23N3O2/c1-19-9-5-8-15-14(18)12-10-16-17-13(12)11-6-3-2-4-7-11/h10-11H,2-9H2,1H3,(H,15,18)(H,16,17). The molecule has 0 saturated heterocycles. The number of hydrogen-bond donors (Lipinski definition) is 2. The lowest BCUT2D eigenvalue weighted by Gasteiger charge is -2.21. The summed E-state index contributed by atoms with van der Waals surface area (Å²) in [5.74, 6) is 0.446. The molecule has 1 aliphatic rings. The van der Waals surface area contributed by atoms with Crippen LogP contribution in [-0.2, 0) is 4.74 Å². The molecular formula is C14H23N3O2. The summed E-state index contributed by atoms with van der Waals surface area (Å²) in [6.07, 6.45) is 8.60. The number of carbonyl (C=O) groups is 1. The van der Waals surface area contributed by atoms with Crippen LogP contribution < -0.4 is 5.32 Å². The summed E-state index contributed by atoms with van der Waals surface area (Å²) in [6, 6.07) is 0. The van der Waals surface area contributed by atoms with Crippen LogP contribution in [0.2, 0.25) is 0 Å². The van der Waals surface area contributed by atoms with Crippen LogP contribution in [0.1, 0.15) is 60.5 Å². The Hall–Kier alpha value is -1.36. The van der Waals surface area contributed by atoms with Gasteiger partial charge in [0.1, 0.15) is 0 Å². The summed E-state index contributed by atoms with van der Waals surface area (Å²) in [5, 5.41) is 10.00. The monoisotopic (exact) mass is 265 g/mol. The van der Waals surface area contributed by atoms with Crippen LogP contribution in [0.25, 0.3) is 0 Å². The van der Waals surface area contributed by atoms with Gasteiger partial charge in [-0.2, -0.15) is 5.10 Å². The molecule has 1 aromatic rings. The smallest absolute Gasteiger partial charge is 0.254 e. The Labute approximate surface area is 114 Å². The van der Waals surface area contributed by atoms with Crippen LogP contribution in [0.4, 0.5) is 0 Å². The number of amides is 1. The van der Waals surface area contributed by atoms with Gasteiger partial charge >= 0.3 is 0 Å². The molecule has 19 heavy (non-hydrogen) atoms. The van der Waals surface area contributed by atoms with E-state index in [1.54, 1.807) is 13.3 Å². The number of nitrogens with zero attached hydrogens (tertiary/aromatic N) is 1. The first-order valence-corrected chi connectivity index (χ1v) is 7.13. The second-order valence-electron chi connectivity index (χ2n) is 5.13. The minimum absolute atomic E-state index is 0.0228. The molecule has 0 radical (unpaired) electrons. The molecule has 106 valence electrons. The van der Waals surface area contributed by atoms with Crippen molar-refractivity contribution < 1.29 is 9.53 Å². The largest absolute Gasteiger partial charge is 0.385 e. The van der Waals surface area contributed by atoms with Crippen LogP contribution in [0, 0.1) is 0 Å². The summed E-state index contributed by atoms with van der Waals surface area (Å²) in [6.45, 7) is 1.31. The van der Waals surface area contributed by atoms with Crippen LogP contribution in [0.3, 0.4) is 0 Å². The summed E-state index contributed by atoms with van der Waals surface area (Å²) < 4.78 is 4.96. The van der Waals surface area contributed by atoms with E-state index in [1.165, 1.54) is 19.3 Å². The highest BCUT2D eigenvalue weighted by Crippen LogP contribution is 2.32. The maximum atomic E-state index is 12.1. The Bertz CT molecular complexity index is 397. The second-order valence-corrected chi connectivity index (χ2v) is 5.13. The van der Waals surface area contributed by atoms with Crippen molar-refractivity contribution in [1.29, 1.82) is 0 Å². The lowest BCUT2D eigenvalue weighted by atomic mass is 9.85. The Morgan fingerprint density at radius 2 is 2.26 bits per heavy atom. The Morgan fingerprint density at radius 1 is 1.47 bits per heavy atom. The van der Waals surface area contributed by atoms with Crippen molar-refractivity contribution in [2.24, 2.45) is 0 Å². The van der Waals surface area contributed by atoms with Gasteiger partial charge in [0.2, 0.25) is 0 Å². The topological polar surface area (TPSA) is 67.0 Å². The first kappa shape index (κ1) is 14.1. The van der Waals surface area contributed by atoms with Crippen LogP contribution in [0.5, 0.6) is 0 Å². The van der Waals surface area contributed by atoms with Gasteiger partial charge in [-0.05, 0) is 19.3 Å². The number of nitrogens with one attached hydrogen (secondary N) is 2. The summed E-state index contributed by atoms with van der Waals surface area (Å²) in [4.78, 5) is 12.1. The Kier molecular flexibility index (Phi) is 5.39. The molecule has 0 spiro atoms. The summed E-state index contributed by atoms with van der Waals surface area (Å²) in [5.41, 5.74) is 1.73. The van der Waals surface area contributed by atoms with E-state index in [-0.39, 0.29) is 5.91 Å². The molecule has 2 N–H and O–H groups in total. The number of H-pyrrole nitrogens is 1. The van der Waals surface area contributed by atoms with Crippen molar-refractivity contribution in [3.05, 3.63) is 17.5 Å². The fourth-order valence-corrected chi connectivity index (χ4v) is 2.69. The van der Waals surface area contributed by atoms with Crippen molar-refractivity contribution >= 4 is 5.91 Å². The SMILES string of the molecule is COCCCNC(=O)c1cn[nH]c1C1CCCCC1. The second kappa shape index (κ2) is 7.28. The molecule has 1 aromatic heterocycles. The maximum absolute atomic E-state index is 12.1. The first-order valence-electron chi connectivity index (χ1n) is 7.13. The minimum Gasteiger partial charge on any atom is -0.385 e. The molecule has 1 heterocycles. The third kappa shape index (κ3) is 3.80. The number of carbonyl (C=O) groups excluding carboxylic acids is 1. The molecule has 0 unspecified atom stereocenters. The van der Waals surface area contributed by atoms with E-state index in [9.17, 15) is 4.79 Å². The molecule has 0 aromatic carbocycles. The summed E-state index contributed by atoms with van der Waals surface area (Å²) in [7, 11) is 1.67. The van der Waals surface area contributed by atoms with Gasteiger partial charge in [-0.1, -0.05) is 19.3 Å². The lowest BCUT2D eigenvalue weighted by molar-refractivity contribution is 0.0947. The van der Waals surface area contributed by atoms with E-state index in [4.69, 9.17) is 4.74 Å². The molecule has 5 heteroatoms. The van der Waals surface area contributed by atoms with E-state index in [2.05, 4.69) is 15.5 Å². The molecule has 1 saturated carbocycles. The van der Waals surface area contributed by atoms with Gasteiger partial charge in [-0.25, -0.2) is 0 Å². The van der Waals surface area contributed by atoms with Crippen molar-refractivity contribution in [2.45, 2.75) is 44.4 Å². The molecule has 0 bridgehead atoms. The normalized spacial score (nSPS) is 16.5. The van der Waals surface area contributed by atoms with Crippen LogP contribution >= 0.6 is 0 Å². The fourth-order valence-electron chi connectivity index (χ4n) is 2.69. The third-order valence-corrected chi connectivity index (χ3v) is 3.74. The van der Waals surface area contributed by atoms with Gasteiger partial charge in [-0.3, -0.25) is 9.89 Å². The highest BCUT2D eigenvalue weighted by Gasteiger charge is 2.23. The Morgan fingerprint density at radius 3 is 3.00 bits per heavy atom. The number of ether oxygens (including phenoxy) is 1. The van der Waals surface area contributed by atoms with Crippen molar-refractivity contribution in [3.8, 4) is 0 Å². The van der Waals surface area contributed by atoms with Crippen LogP contribution in [-0.4, -0.2) is 36.4 Å². The predicted molar refractivity (Wildman–Crippen MR) is 73.2 cm³/mol. The Balaban J connectivity index is 1.92. The van der Waals surface area contributed by atoms with Crippen molar-refractivity contribution in [3.63, 3.8) is 0 Å². The van der Waals surface area contributed by atoms with E-state index in [0.717, 1.165) is 25.0 Å². The molecule has 1 fully saturated rings. The average molecular weight is 265 g/mol. The predicted octanol–water partition coefficient (Wildman–Crippen LogP) is 2.22. The van der Waals surface area contributed by atoms with E-state index < -0.39 is 0 Å². The zero-order valence-corrected chi connectivity index (χ0v) is 11.6. The van der Waals surface area contributed by atoms with Gasteiger partial charge in [0.25, 0.3) is 5.91 Å². The molecule has 0 aliphatic heterocycles. The van der Waals surface area contributed by atoms with Gasteiger partial charge in [0, 0.05) is 26.2 Å². The third-order valence-electron chi connectivity index (χ3n) is 3.74. The first-order chi connectivity index (χ1) is 9.33. The van der Waals surface area contributed by atoms with E-state index >= 15 is 0 Å². The van der Waals surface area contributed by atoms with Crippen molar-refractivity contribution in [1.82, 2.24) is 15.5 Å². The van der Waals surface area contributed by atoms with Gasteiger partial charge in [-0.15, -0.1) is 0 Å². The highest BCUT2D eigenvalue weighted by atomic mass is 16.5. The van der Waals surface area contributed by atoms with Gasteiger partial charge in [0.15, 0.2) is 0 Å². The lowest BCUT2D eigenvalue weighted by Crippen LogP contribution is -2.26. The quantitative estimate of drug-likeness (QED) is 0.775. The zero-order valence-electron chi connectivity index (χ0n) is 11.6. The maximum Gasteiger partial charge on any atom is 0.254 e. The van der Waals surface area contributed by atoms with Gasteiger partial charge in [0.05, 0.1) is 17.5 Å². The molecule has 1 aliphatic carbocycles. The average Bonchev–Trinajstić information content (AvgIpc) is 2.94. The number of hydrogen-bond acceptors (Lipinski definition) is 3.